The molecule has 0 saturated heterocycles. The zero-order valence-electron chi connectivity index (χ0n) is 12.2. The first-order chi connectivity index (χ1) is 9.61. The third-order valence-corrected chi connectivity index (χ3v) is 3.29. The normalized spacial score (nSPS) is 9.86. The molecule has 0 bridgehead atoms. The number of nitrogens with two attached hydrogens (primary N) is 1. The highest BCUT2D eigenvalue weighted by molar-refractivity contribution is 5.94. The number of benzene rings is 1. The number of aryl methyl sites for hydroxylation is 1. The highest BCUT2D eigenvalue weighted by atomic mass is 35.5. The largest absolute Gasteiger partial charge is 0.337 e. The summed E-state index contributed by atoms with van der Waals surface area (Å²) < 4.78 is 0. The molecule has 0 aliphatic rings. The van der Waals surface area contributed by atoms with Crippen LogP contribution in [0.3, 0.4) is 0 Å². The number of rotatable bonds is 4. The minimum atomic E-state index is -0.0228. The van der Waals surface area contributed by atoms with Crippen LogP contribution in [-0.2, 0) is 13.1 Å². The van der Waals surface area contributed by atoms with Gasteiger partial charge in [-0.25, -0.2) is 0 Å². The second kappa shape index (κ2) is 7.76. The lowest BCUT2D eigenvalue weighted by atomic mass is 10.1. The van der Waals surface area contributed by atoms with Crippen LogP contribution in [0.25, 0.3) is 0 Å². The molecule has 2 rings (SSSR count). The minimum absolute atomic E-state index is 0. The quantitative estimate of drug-likeness (QED) is 0.944. The topological polar surface area (TPSA) is 59.2 Å². The van der Waals surface area contributed by atoms with Gasteiger partial charge >= 0.3 is 0 Å². The first kappa shape index (κ1) is 17.1. The van der Waals surface area contributed by atoms with Gasteiger partial charge in [0.2, 0.25) is 0 Å². The second-order valence-corrected chi connectivity index (χ2v) is 4.83. The Hall–Kier alpha value is -1.91. The Morgan fingerprint density at radius 1 is 1.29 bits per heavy atom. The summed E-state index contributed by atoms with van der Waals surface area (Å²) in [5.41, 5.74) is 9.23. The van der Waals surface area contributed by atoms with Crippen molar-refractivity contribution in [3.63, 3.8) is 0 Å². The molecule has 2 aromatic rings. The average Bonchev–Trinajstić information content (AvgIpc) is 2.48. The van der Waals surface area contributed by atoms with E-state index in [1.165, 1.54) is 5.56 Å². The summed E-state index contributed by atoms with van der Waals surface area (Å²) in [7, 11) is 1.80. The molecular formula is C16H20ClN3O. The molecular weight excluding hydrogens is 286 g/mol. The van der Waals surface area contributed by atoms with Crippen LogP contribution in [0.1, 0.15) is 27.2 Å². The summed E-state index contributed by atoms with van der Waals surface area (Å²) in [6, 6.07) is 11.5. The van der Waals surface area contributed by atoms with Crippen LogP contribution in [0.4, 0.5) is 0 Å². The van der Waals surface area contributed by atoms with Crippen LogP contribution >= 0.6 is 12.4 Å². The summed E-state index contributed by atoms with van der Waals surface area (Å²) in [5, 5.41) is 0. The molecule has 1 heterocycles. The first-order valence-corrected chi connectivity index (χ1v) is 6.57. The third-order valence-electron chi connectivity index (χ3n) is 3.29. The van der Waals surface area contributed by atoms with E-state index in [0.717, 1.165) is 11.3 Å². The van der Waals surface area contributed by atoms with Crippen LogP contribution in [0.2, 0.25) is 0 Å². The van der Waals surface area contributed by atoms with E-state index < -0.39 is 0 Å². The van der Waals surface area contributed by atoms with Gasteiger partial charge in [-0.1, -0.05) is 24.3 Å². The van der Waals surface area contributed by atoms with Crippen molar-refractivity contribution in [3.05, 3.63) is 65.0 Å². The van der Waals surface area contributed by atoms with Crippen molar-refractivity contribution >= 4 is 18.3 Å². The Morgan fingerprint density at radius 3 is 2.67 bits per heavy atom. The molecule has 112 valence electrons. The lowest BCUT2D eigenvalue weighted by Gasteiger charge is -2.18. The summed E-state index contributed by atoms with van der Waals surface area (Å²) in [6.45, 7) is 2.97. The molecule has 2 N–H and O–H groups in total. The molecule has 0 saturated carbocycles. The van der Waals surface area contributed by atoms with Gasteiger partial charge in [-0.2, -0.15) is 0 Å². The Balaban J connectivity index is 0.00000220. The molecule has 5 heteroatoms. The molecule has 0 fully saturated rings. The minimum Gasteiger partial charge on any atom is -0.337 e. The molecule has 1 aromatic heterocycles. The van der Waals surface area contributed by atoms with Gasteiger partial charge in [0.15, 0.2) is 0 Å². The number of aromatic nitrogens is 1. The standard InChI is InChI=1S/C16H19N3O.ClH/c1-12-5-3-4-6-14(12)11-19(2)16(20)13-7-8-18-15(9-13)10-17;/h3-9H,10-11,17H2,1-2H3;1H. The lowest BCUT2D eigenvalue weighted by Crippen LogP contribution is -2.26. The Bertz CT molecular complexity index is 616. The number of carbonyl (C=O) groups excluding carboxylic acids is 1. The lowest BCUT2D eigenvalue weighted by molar-refractivity contribution is 0.0784. The zero-order valence-corrected chi connectivity index (χ0v) is 13.1. The van der Waals surface area contributed by atoms with Crippen molar-refractivity contribution in [1.29, 1.82) is 0 Å². The van der Waals surface area contributed by atoms with E-state index in [4.69, 9.17) is 5.73 Å². The number of hydrogen-bond donors (Lipinski definition) is 1. The van der Waals surface area contributed by atoms with Gasteiger partial charge in [-0.3, -0.25) is 9.78 Å². The monoisotopic (exact) mass is 305 g/mol. The molecule has 0 atom stereocenters. The summed E-state index contributed by atoms with van der Waals surface area (Å²) in [4.78, 5) is 18.2. The Kier molecular flexibility index (Phi) is 6.34. The van der Waals surface area contributed by atoms with E-state index in [1.54, 1.807) is 30.3 Å². The fraction of sp³-hybridized carbons (Fsp3) is 0.250. The maximum Gasteiger partial charge on any atom is 0.254 e. The summed E-state index contributed by atoms with van der Waals surface area (Å²) in [5.74, 6) is -0.0228. The molecule has 0 aliphatic heterocycles. The number of amides is 1. The second-order valence-electron chi connectivity index (χ2n) is 4.83. The van der Waals surface area contributed by atoms with E-state index in [1.807, 2.05) is 31.2 Å². The molecule has 0 radical (unpaired) electrons. The van der Waals surface area contributed by atoms with Crippen molar-refractivity contribution in [2.24, 2.45) is 5.73 Å². The molecule has 0 unspecified atom stereocenters. The smallest absolute Gasteiger partial charge is 0.254 e. The molecule has 0 spiro atoms. The highest BCUT2D eigenvalue weighted by Gasteiger charge is 2.13. The first-order valence-electron chi connectivity index (χ1n) is 6.57. The fourth-order valence-corrected chi connectivity index (χ4v) is 2.06. The molecule has 1 amide bonds. The van der Waals surface area contributed by atoms with Gasteiger partial charge in [0.1, 0.15) is 0 Å². The average molecular weight is 306 g/mol. The zero-order chi connectivity index (χ0) is 14.5. The third kappa shape index (κ3) is 4.28. The fourth-order valence-electron chi connectivity index (χ4n) is 2.06. The van der Waals surface area contributed by atoms with Crippen LogP contribution < -0.4 is 5.73 Å². The van der Waals surface area contributed by atoms with Crippen molar-refractivity contribution in [1.82, 2.24) is 9.88 Å². The molecule has 1 aromatic carbocycles. The van der Waals surface area contributed by atoms with Crippen LogP contribution in [0, 0.1) is 6.92 Å². The van der Waals surface area contributed by atoms with Gasteiger partial charge in [0, 0.05) is 31.9 Å². The molecule has 0 aliphatic carbocycles. The molecule has 4 nitrogen and oxygen atoms in total. The van der Waals surface area contributed by atoms with Crippen molar-refractivity contribution in [3.8, 4) is 0 Å². The maximum absolute atomic E-state index is 12.4. The van der Waals surface area contributed by atoms with Crippen LogP contribution in [0.5, 0.6) is 0 Å². The van der Waals surface area contributed by atoms with Gasteiger partial charge in [0.05, 0.1) is 5.69 Å². The number of halogens is 1. The maximum atomic E-state index is 12.4. The van der Waals surface area contributed by atoms with Gasteiger partial charge in [0.25, 0.3) is 5.91 Å². The van der Waals surface area contributed by atoms with Gasteiger partial charge in [-0.15, -0.1) is 12.4 Å². The van der Waals surface area contributed by atoms with Crippen molar-refractivity contribution in [2.75, 3.05) is 7.05 Å². The Labute approximate surface area is 131 Å². The van der Waals surface area contributed by atoms with E-state index in [9.17, 15) is 4.79 Å². The van der Waals surface area contributed by atoms with Crippen molar-refractivity contribution in [2.45, 2.75) is 20.0 Å². The van der Waals surface area contributed by atoms with Gasteiger partial charge in [-0.05, 0) is 30.2 Å². The number of pyridine rings is 1. The van der Waals surface area contributed by atoms with Crippen molar-refractivity contribution < 1.29 is 4.79 Å². The van der Waals surface area contributed by atoms with E-state index >= 15 is 0 Å². The SMILES string of the molecule is Cc1ccccc1CN(C)C(=O)c1ccnc(CN)c1.Cl. The van der Waals surface area contributed by atoms with E-state index in [2.05, 4.69) is 4.98 Å². The van der Waals surface area contributed by atoms with Crippen LogP contribution in [0.15, 0.2) is 42.6 Å². The van der Waals surface area contributed by atoms with Crippen LogP contribution in [-0.4, -0.2) is 22.8 Å². The van der Waals surface area contributed by atoms with Gasteiger partial charge < -0.3 is 10.6 Å². The van der Waals surface area contributed by atoms with E-state index in [-0.39, 0.29) is 18.3 Å². The molecule has 21 heavy (non-hydrogen) atoms. The highest BCUT2D eigenvalue weighted by Crippen LogP contribution is 2.12. The number of carbonyl (C=O) groups is 1. The number of nitrogens with zero attached hydrogens (tertiary/aromatic N) is 2. The Morgan fingerprint density at radius 2 is 2.00 bits per heavy atom. The predicted molar refractivity (Wildman–Crippen MR) is 86.4 cm³/mol. The summed E-state index contributed by atoms with van der Waals surface area (Å²) in [6.07, 6.45) is 1.62. The number of hydrogen-bond acceptors (Lipinski definition) is 3. The predicted octanol–water partition coefficient (Wildman–Crippen LogP) is 2.54. The van der Waals surface area contributed by atoms with E-state index in [0.29, 0.717) is 18.7 Å². The summed E-state index contributed by atoms with van der Waals surface area (Å²) >= 11 is 0.